The van der Waals surface area contributed by atoms with E-state index < -0.39 is 6.09 Å². The standard InChI is InChI=1S/C9H13N3O2/c1-3-14-9(13)12-6(2)4-7(5-10)8(12)11/h6H,3-4,11H2,1-2H3. The molecule has 1 atom stereocenters. The minimum Gasteiger partial charge on any atom is -0.449 e. The first kappa shape index (κ1) is 10.4. The Morgan fingerprint density at radius 1 is 1.86 bits per heavy atom. The number of amides is 1. The Bertz CT molecular complexity index is 317. The van der Waals surface area contributed by atoms with Crippen LogP contribution in [0, 0.1) is 11.3 Å². The van der Waals surface area contributed by atoms with E-state index in [4.69, 9.17) is 15.7 Å². The molecule has 1 amide bonds. The zero-order valence-electron chi connectivity index (χ0n) is 8.28. The quantitative estimate of drug-likeness (QED) is 0.675. The van der Waals surface area contributed by atoms with E-state index in [1.165, 1.54) is 4.90 Å². The summed E-state index contributed by atoms with van der Waals surface area (Å²) in [6, 6.07) is 1.88. The van der Waals surface area contributed by atoms with E-state index in [9.17, 15) is 4.79 Å². The molecule has 76 valence electrons. The van der Waals surface area contributed by atoms with Crippen LogP contribution in [0.15, 0.2) is 11.4 Å². The number of carbonyl (C=O) groups is 1. The van der Waals surface area contributed by atoms with E-state index in [1.807, 2.05) is 13.0 Å². The molecule has 0 fully saturated rings. The summed E-state index contributed by atoms with van der Waals surface area (Å²) in [5, 5.41) is 8.72. The number of ether oxygens (including phenoxy) is 1. The van der Waals surface area contributed by atoms with Crippen molar-refractivity contribution in [3.05, 3.63) is 11.4 Å². The van der Waals surface area contributed by atoms with Crippen molar-refractivity contribution in [2.45, 2.75) is 26.3 Å². The SMILES string of the molecule is CCOC(=O)N1C(N)=C(C#N)CC1C. The van der Waals surface area contributed by atoms with E-state index in [0.717, 1.165) is 0 Å². The molecule has 1 aliphatic rings. The molecule has 0 saturated heterocycles. The van der Waals surface area contributed by atoms with Crippen LogP contribution in [0.25, 0.3) is 0 Å². The number of nitrogens with zero attached hydrogens (tertiary/aromatic N) is 2. The van der Waals surface area contributed by atoms with Gasteiger partial charge in [0.25, 0.3) is 0 Å². The van der Waals surface area contributed by atoms with Crippen LogP contribution in [0.5, 0.6) is 0 Å². The second kappa shape index (κ2) is 4.01. The molecule has 0 saturated carbocycles. The first-order valence-electron chi connectivity index (χ1n) is 4.46. The van der Waals surface area contributed by atoms with Gasteiger partial charge in [0, 0.05) is 12.5 Å². The Kier molecular flexibility index (Phi) is 2.97. The first-order chi connectivity index (χ1) is 6.61. The van der Waals surface area contributed by atoms with E-state index in [0.29, 0.717) is 18.6 Å². The molecule has 1 heterocycles. The lowest BCUT2D eigenvalue weighted by atomic mass is 10.2. The van der Waals surface area contributed by atoms with Crippen molar-refractivity contribution in [3.8, 4) is 6.07 Å². The van der Waals surface area contributed by atoms with Gasteiger partial charge in [-0.1, -0.05) is 0 Å². The highest BCUT2D eigenvalue weighted by Gasteiger charge is 2.32. The van der Waals surface area contributed by atoms with E-state index >= 15 is 0 Å². The number of nitrogens with two attached hydrogens (primary N) is 1. The largest absolute Gasteiger partial charge is 0.449 e. The van der Waals surface area contributed by atoms with Crippen LogP contribution in [-0.4, -0.2) is 23.6 Å². The molecular weight excluding hydrogens is 182 g/mol. The Balaban J connectivity index is 2.84. The lowest BCUT2D eigenvalue weighted by Crippen LogP contribution is -2.37. The summed E-state index contributed by atoms with van der Waals surface area (Å²) in [6.07, 6.45) is 0.0176. The van der Waals surface area contributed by atoms with Gasteiger partial charge in [-0.2, -0.15) is 5.26 Å². The summed E-state index contributed by atoms with van der Waals surface area (Å²) in [6.45, 7) is 3.86. The summed E-state index contributed by atoms with van der Waals surface area (Å²) in [5.74, 6) is 0.221. The predicted octanol–water partition coefficient (Wildman–Crippen LogP) is 0.931. The average molecular weight is 195 g/mol. The zero-order valence-corrected chi connectivity index (χ0v) is 8.28. The summed E-state index contributed by atoms with van der Waals surface area (Å²) in [7, 11) is 0. The Hall–Kier alpha value is -1.70. The van der Waals surface area contributed by atoms with Gasteiger partial charge in [0.1, 0.15) is 5.82 Å². The van der Waals surface area contributed by atoms with Gasteiger partial charge in [-0.15, -0.1) is 0 Å². The van der Waals surface area contributed by atoms with E-state index in [1.54, 1.807) is 6.92 Å². The molecule has 1 aliphatic heterocycles. The number of hydrogen-bond donors (Lipinski definition) is 1. The molecule has 0 aromatic heterocycles. The van der Waals surface area contributed by atoms with Crippen molar-refractivity contribution in [2.24, 2.45) is 5.73 Å². The van der Waals surface area contributed by atoms with Gasteiger partial charge in [-0.3, -0.25) is 4.90 Å². The van der Waals surface area contributed by atoms with Gasteiger partial charge in [0.15, 0.2) is 0 Å². The molecule has 1 rings (SSSR count). The van der Waals surface area contributed by atoms with Crippen molar-refractivity contribution in [1.82, 2.24) is 4.90 Å². The number of hydrogen-bond acceptors (Lipinski definition) is 4. The maximum Gasteiger partial charge on any atom is 0.415 e. The molecule has 0 spiro atoms. The van der Waals surface area contributed by atoms with Crippen LogP contribution in [0.1, 0.15) is 20.3 Å². The third kappa shape index (κ3) is 1.64. The van der Waals surface area contributed by atoms with Crippen molar-refractivity contribution >= 4 is 6.09 Å². The molecule has 5 nitrogen and oxygen atoms in total. The van der Waals surface area contributed by atoms with Crippen LogP contribution in [0.4, 0.5) is 4.79 Å². The van der Waals surface area contributed by atoms with Crippen molar-refractivity contribution in [3.63, 3.8) is 0 Å². The third-order valence-electron chi connectivity index (χ3n) is 2.11. The van der Waals surface area contributed by atoms with Gasteiger partial charge in [-0.05, 0) is 13.8 Å². The molecule has 14 heavy (non-hydrogen) atoms. The molecule has 2 N–H and O–H groups in total. The Morgan fingerprint density at radius 3 is 2.93 bits per heavy atom. The van der Waals surface area contributed by atoms with Gasteiger partial charge in [0.2, 0.25) is 0 Å². The molecule has 1 unspecified atom stereocenters. The fourth-order valence-corrected chi connectivity index (χ4v) is 1.45. The summed E-state index contributed by atoms with van der Waals surface area (Å²) >= 11 is 0. The molecule has 0 radical (unpaired) electrons. The highest BCUT2D eigenvalue weighted by molar-refractivity contribution is 5.71. The molecule has 5 heteroatoms. The van der Waals surface area contributed by atoms with Crippen LogP contribution in [0.2, 0.25) is 0 Å². The van der Waals surface area contributed by atoms with Crippen LogP contribution < -0.4 is 5.73 Å². The van der Waals surface area contributed by atoms with Crippen molar-refractivity contribution in [1.29, 1.82) is 5.26 Å². The summed E-state index contributed by atoms with van der Waals surface area (Å²) < 4.78 is 4.82. The third-order valence-corrected chi connectivity index (χ3v) is 2.11. The topological polar surface area (TPSA) is 79.3 Å². The smallest absolute Gasteiger partial charge is 0.415 e. The molecule has 0 aliphatic carbocycles. The van der Waals surface area contributed by atoms with Crippen LogP contribution in [0.3, 0.4) is 0 Å². The minimum atomic E-state index is -0.484. The van der Waals surface area contributed by atoms with E-state index in [2.05, 4.69) is 0 Å². The van der Waals surface area contributed by atoms with Crippen LogP contribution >= 0.6 is 0 Å². The predicted molar refractivity (Wildman–Crippen MR) is 49.8 cm³/mol. The Morgan fingerprint density at radius 2 is 2.50 bits per heavy atom. The normalized spacial score (nSPS) is 20.9. The lowest BCUT2D eigenvalue weighted by Gasteiger charge is -2.21. The van der Waals surface area contributed by atoms with E-state index in [-0.39, 0.29) is 11.9 Å². The molecule has 0 bridgehead atoms. The van der Waals surface area contributed by atoms with Gasteiger partial charge >= 0.3 is 6.09 Å². The maximum atomic E-state index is 11.4. The average Bonchev–Trinajstić information content (AvgIpc) is 2.41. The monoisotopic (exact) mass is 195 g/mol. The fraction of sp³-hybridized carbons (Fsp3) is 0.556. The first-order valence-corrected chi connectivity index (χ1v) is 4.46. The van der Waals surface area contributed by atoms with Crippen molar-refractivity contribution < 1.29 is 9.53 Å². The number of rotatable bonds is 1. The summed E-state index contributed by atoms with van der Waals surface area (Å²) in [4.78, 5) is 12.7. The summed E-state index contributed by atoms with van der Waals surface area (Å²) in [5.41, 5.74) is 6.09. The van der Waals surface area contributed by atoms with Crippen molar-refractivity contribution in [2.75, 3.05) is 6.61 Å². The highest BCUT2D eigenvalue weighted by Crippen LogP contribution is 2.25. The minimum absolute atomic E-state index is 0.0938. The van der Waals surface area contributed by atoms with Crippen LogP contribution in [-0.2, 0) is 4.74 Å². The zero-order chi connectivity index (χ0) is 10.7. The number of nitriles is 1. The fourth-order valence-electron chi connectivity index (χ4n) is 1.45. The second-order valence-corrected chi connectivity index (χ2v) is 3.10. The Labute approximate surface area is 82.7 Å². The maximum absolute atomic E-state index is 11.4. The van der Waals surface area contributed by atoms with Gasteiger partial charge in [0.05, 0.1) is 18.2 Å². The number of carbonyl (C=O) groups excluding carboxylic acids is 1. The molecular formula is C9H13N3O2. The second-order valence-electron chi connectivity index (χ2n) is 3.10. The lowest BCUT2D eigenvalue weighted by molar-refractivity contribution is 0.111. The van der Waals surface area contributed by atoms with Gasteiger partial charge in [-0.25, -0.2) is 4.79 Å². The molecule has 0 aromatic carbocycles. The molecule has 0 aromatic rings. The van der Waals surface area contributed by atoms with Gasteiger partial charge < -0.3 is 10.5 Å². The highest BCUT2D eigenvalue weighted by atomic mass is 16.6.